The molecule has 0 aromatic heterocycles. The normalized spacial score (nSPS) is 10.2. The molecule has 2 N–H and O–H groups in total. The number of carbonyl (C=O) groups is 1. The van der Waals surface area contributed by atoms with E-state index in [9.17, 15) is 13.6 Å². The van der Waals surface area contributed by atoms with Crippen molar-refractivity contribution in [2.24, 2.45) is 0 Å². The van der Waals surface area contributed by atoms with E-state index in [4.69, 9.17) is 5.11 Å². The van der Waals surface area contributed by atoms with Crippen LogP contribution in [0.3, 0.4) is 0 Å². The van der Waals surface area contributed by atoms with E-state index in [0.29, 0.717) is 5.56 Å². The maximum absolute atomic E-state index is 13.4. The highest BCUT2D eigenvalue weighted by Gasteiger charge is 2.11. The van der Waals surface area contributed by atoms with Crippen LogP contribution in [0.2, 0.25) is 0 Å². The van der Waals surface area contributed by atoms with Crippen LogP contribution < -0.4 is 5.32 Å². The standard InChI is InChI=1S/C14H11F2NO2/c15-10-5-6-13(11(7-10)14(18)19)17-8-9-3-1-2-4-12(9)16/h1-7,17H,8H2,(H,18,19). The van der Waals surface area contributed by atoms with E-state index < -0.39 is 11.8 Å². The fourth-order valence-electron chi connectivity index (χ4n) is 1.68. The van der Waals surface area contributed by atoms with Gasteiger partial charge in [-0.3, -0.25) is 0 Å². The van der Waals surface area contributed by atoms with Crippen LogP contribution in [0.4, 0.5) is 14.5 Å². The van der Waals surface area contributed by atoms with Gasteiger partial charge in [-0.15, -0.1) is 0 Å². The van der Waals surface area contributed by atoms with E-state index in [-0.39, 0.29) is 23.6 Å². The number of carboxylic acid groups (broad SMARTS) is 1. The van der Waals surface area contributed by atoms with Crippen LogP contribution in [0, 0.1) is 11.6 Å². The Kier molecular flexibility index (Phi) is 3.75. The van der Waals surface area contributed by atoms with Gasteiger partial charge in [0.1, 0.15) is 11.6 Å². The average Bonchev–Trinajstić information content (AvgIpc) is 2.38. The second-order valence-corrected chi connectivity index (χ2v) is 3.94. The fourth-order valence-corrected chi connectivity index (χ4v) is 1.68. The highest BCUT2D eigenvalue weighted by molar-refractivity contribution is 5.94. The molecule has 0 spiro atoms. The third-order valence-electron chi connectivity index (χ3n) is 2.64. The summed E-state index contributed by atoms with van der Waals surface area (Å²) in [5.41, 5.74) is 0.469. The topological polar surface area (TPSA) is 49.3 Å². The van der Waals surface area contributed by atoms with E-state index in [2.05, 4.69) is 5.32 Å². The van der Waals surface area contributed by atoms with Crippen molar-refractivity contribution in [1.82, 2.24) is 0 Å². The van der Waals surface area contributed by atoms with E-state index in [0.717, 1.165) is 12.1 Å². The van der Waals surface area contributed by atoms with Crippen molar-refractivity contribution in [2.75, 3.05) is 5.32 Å². The lowest BCUT2D eigenvalue weighted by Crippen LogP contribution is -2.07. The van der Waals surface area contributed by atoms with Crippen molar-refractivity contribution < 1.29 is 18.7 Å². The molecule has 0 aliphatic carbocycles. The minimum Gasteiger partial charge on any atom is -0.478 e. The van der Waals surface area contributed by atoms with Crippen LogP contribution in [0.1, 0.15) is 15.9 Å². The monoisotopic (exact) mass is 263 g/mol. The Hall–Kier alpha value is -2.43. The van der Waals surface area contributed by atoms with Crippen molar-refractivity contribution in [3.8, 4) is 0 Å². The molecule has 0 aliphatic rings. The van der Waals surface area contributed by atoms with Crippen LogP contribution in [-0.4, -0.2) is 11.1 Å². The van der Waals surface area contributed by atoms with Gasteiger partial charge in [0.2, 0.25) is 0 Å². The van der Waals surface area contributed by atoms with Crippen molar-refractivity contribution in [3.63, 3.8) is 0 Å². The number of hydrogen-bond donors (Lipinski definition) is 2. The molecule has 98 valence electrons. The number of halogens is 2. The highest BCUT2D eigenvalue weighted by atomic mass is 19.1. The van der Waals surface area contributed by atoms with Gasteiger partial charge in [0, 0.05) is 17.8 Å². The van der Waals surface area contributed by atoms with E-state index in [1.54, 1.807) is 18.2 Å². The summed E-state index contributed by atoms with van der Waals surface area (Å²) >= 11 is 0. The fraction of sp³-hybridized carbons (Fsp3) is 0.0714. The maximum atomic E-state index is 13.4. The van der Waals surface area contributed by atoms with Crippen LogP contribution in [0.5, 0.6) is 0 Å². The predicted octanol–water partition coefficient (Wildman–Crippen LogP) is 3.28. The third kappa shape index (κ3) is 3.07. The van der Waals surface area contributed by atoms with E-state index in [1.165, 1.54) is 12.1 Å². The van der Waals surface area contributed by atoms with Gasteiger partial charge in [-0.2, -0.15) is 0 Å². The molecular weight excluding hydrogens is 252 g/mol. The zero-order chi connectivity index (χ0) is 13.8. The quantitative estimate of drug-likeness (QED) is 0.890. The molecule has 0 saturated heterocycles. The number of anilines is 1. The number of aromatic carboxylic acids is 1. The Bertz CT molecular complexity index is 614. The molecule has 0 atom stereocenters. The van der Waals surface area contributed by atoms with E-state index in [1.807, 2.05) is 0 Å². The molecule has 2 rings (SSSR count). The number of carboxylic acids is 1. The summed E-state index contributed by atoms with van der Waals surface area (Å²) in [6.07, 6.45) is 0. The highest BCUT2D eigenvalue weighted by Crippen LogP contribution is 2.18. The first-order valence-corrected chi connectivity index (χ1v) is 5.58. The molecule has 0 fully saturated rings. The first kappa shape index (κ1) is 13.0. The van der Waals surface area contributed by atoms with Gasteiger partial charge in [0.05, 0.1) is 5.56 Å². The minimum atomic E-state index is -1.24. The number of benzene rings is 2. The van der Waals surface area contributed by atoms with Crippen LogP contribution >= 0.6 is 0 Å². The zero-order valence-electron chi connectivity index (χ0n) is 9.86. The summed E-state index contributed by atoms with van der Waals surface area (Å²) < 4.78 is 26.4. The first-order valence-electron chi connectivity index (χ1n) is 5.58. The summed E-state index contributed by atoms with van der Waals surface area (Å²) in [4.78, 5) is 11.0. The second-order valence-electron chi connectivity index (χ2n) is 3.94. The SMILES string of the molecule is O=C(O)c1cc(F)ccc1NCc1ccccc1F. The Labute approximate surface area is 108 Å². The van der Waals surface area contributed by atoms with Gasteiger partial charge in [0.25, 0.3) is 0 Å². The summed E-state index contributed by atoms with van der Waals surface area (Å²) in [6.45, 7) is 0.124. The molecule has 0 heterocycles. The summed E-state index contributed by atoms with van der Waals surface area (Å²) in [5.74, 6) is -2.25. The van der Waals surface area contributed by atoms with E-state index >= 15 is 0 Å². The Morgan fingerprint density at radius 2 is 1.89 bits per heavy atom. The number of rotatable bonds is 4. The molecule has 0 radical (unpaired) electrons. The lowest BCUT2D eigenvalue weighted by Gasteiger charge is -2.10. The minimum absolute atomic E-state index is 0.124. The molecule has 2 aromatic carbocycles. The van der Waals surface area contributed by atoms with Gasteiger partial charge in [0.15, 0.2) is 0 Å². The predicted molar refractivity (Wildman–Crippen MR) is 67.1 cm³/mol. The van der Waals surface area contributed by atoms with Crippen LogP contribution in [0.15, 0.2) is 42.5 Å². The Balaban J connectivity index is 2.20. The number of nitrogens with one attached hydrogen (secondary N) is 1. The molecule has 0 amide bonds. The maximum Gasteiger partial charge on any atom is 0.337 e. The Morgan fingerprint density at radius 3 is 2.58 bits per heavy atom. The molecule has 2 aromatic rings. The second kappa shape index (κ2) is 5.48. The van der Waals surface area contributed by atoms with Crippen LogP contribution in [-0.2, 0) is 6.54 Å². The van der Waals surface area contributed by atoms with Gasteiger partial charge in [-0.25, -0.2) is 13.6 Å². The third-order valence-corrected chi connectivity index (χ3v) is 2.64. The van der Waals surface area contributed by atoms with Crippen molar-refractivity contribution in [1.29, 1.82) is 0 Å². The average molecular weight is 263 g/mol. The Morgan fingerprint density at radius 1 is 1.16 bits per heavy atom. The molecule has 3 nitrogen and oxygen atoms in total. The number of hydrogen-bond acceptors (Lipinski definition) is 2. The largest absolute Gasteiger partial charge is 0.478 e. The molecule has 0 bridgehead atoms. The molecule has 0 aliphatic heterocycles. The van der Waals surface area contributed by atoms with Gasteiger partial charge < -0.3 is 10.4 Å². The summed E-state index contributed by atoms with van der Waals surface area (Å²) in [6, 6.07) is 9.55. The van der Waals surface area contributed by atoms with Gasteiger partial charge >= 0.3 is 5.97 Å². The molecular formula is C14H11F2NO2. The van der Waals surface area contributed by atoms with Crippen LogP contribution in [0.25, 0.3) is 0 Å². The first-order chi connectivity index (χ1) is 9.08. The van der Waals surface area contributed by atoms with Crippen molar-refractivity contribution in [3.05, 3.63) is 65.2 Å². The zero-order valence-corrected chi connectivity index (χ0v) is 9.86. The molecule has 0 unspecified atom stereocenters. The lowest BCUT2D eigenvalue weighted by molar-refractivity contribution is 0.0697. The van der Waals surface area contributed by atoms with Gasteiger partial charge in [-0.05, 0) is 24.3 Å². The smallest absolute Gasteiger partial charge is 0.337 e. The van der Waals surface area contributed by atoms with Crippen molar-refractivity contribution >= 4 is 11.7 Å². The molecule has 5 heteroatoms. The molecule has 0 saturated carbocycles. The van der Waals surface area contributed by atoms with Crippen molar-refractivity contribution in [2.45, 2.75) is 6.54 Å². The molecule has 19 heavy (non-hydrogen) atoms. The van der Waals surface area contributed by atoms with Gasteiger partial charge in [-0.1, -0.05) is 18.2 Å². The summed E-state index contributed by atoms with van der Waals surface area (Å²) in [5, 5.41) is 11.8. The lowest BCUT2D eigenvalue weighted by atomic mass is 10.1. The summed E-state index contributed by atoms with van der Waals surface area (Å²) in [7, 11) is 0.